The van der Waals surface area contributed by atoms with E-state index in [1.165, 1.54) is 24.3 Å². The lowest BCUT2D eigenvalue weighted by Gasteiger charge is -2.19. The number of alkyl halides is 9. The minimum absolute atomic E-state index is 0.0745. The Morgan fingerprint density at radius 3 is 1.52 bits per heavy atom. The van der Waals surface area contributed by atoms with Crippen LogP contribution >= 0.6 is 0 Å². The van der Waals surface area contributed by atoms with Crippen LogP contribution in [0.1, 0.15) is 33.4 Å². The molecule has 9 rings (SSSR count). The van der Waals surface area contributed by atoms with Gasteiger partial charge in [-0.2, -0.15) is 44.8 Å². The zero-order chi connectivity index (χ0) is 44.0. The average molecular weight is 843 g/mol. The van der Waals surface area contributed by atoms with E-state index in [0.29, 0.717) is 55.4 Å². The fourth-order valence-electron chi connectivity index (χ4n) is 8.37. The van der Waals surface area contributed by atoms with Gasteiger partial charge in [0.1, 0.15) is 0 Å². The number of benzene rings is 7. The van der Waals surface area contributed by atoms with E-state index in [9.17, 15) is 44.8 Å². The Morgan fingerprint density at radius 1 is 0.500 bits per heavy atom. The van der Waals surface area contributed by atoms with Crippen molar-refractivity contribution in [1.29, 1.82) is 5.26 Å². The van der Waals surface area contributed by atoms with Crippen molar-refractivity contribution in [3.05, 3.63) is 172 Å². The van der Waals surface area contributed by atoms with E-state index in [-0.39, 0.29) is 27.5 Å². The molecule has 0 N–H and O–H groups in total. The van der Waals surface area contributed by atoms with Gasteiger partial charge in [-0.1, -0.05) is 29.8 Å². The van der Waals surface area contributed by atoms with Crippen LogP contribution in [0.5, 0.6) is 0 Å². The molecule has 0 radical (unpaired) electrons. The number of nitrogens with zero attached hydrogens (tertiary/aromatic N) is 4. The third-order valence-electron chi connectivity index (χ3n) is 11.2. The van der Waals surface area contributed by atoms with Crippen molar-refractivity contribution < 1.29 is 39.5 Å². The summed E-state index contributed by atoms with van der Waals surface area (Å²) >= 11 is 0. The molecule has 0 aliphatic rings. The maximum atomic E-state index is 14.1. The summed E-state index contributed by atoms with van der Waals surface area (Å²) in [6.07, 6.45) is -14.2. The molecule has 2 aromatic heterocycles. The standard InChI is InChI=1S/C49H27F9N4/c1-26-4-13-44-36(18-26)38-21-32(49(56,57)58)9-17-46(38)62(44)45-14-6-29(34-11-5-28(25-59)19-27(34)2)20-37(45)35-24-33(10-12-41(35)60-3)61-42-15-7-30(47(50,51)52)22-39(42)40-23-31(48(53,54)55)8-16-43(40)61/h4-24H,1-2H3. The van der Waals surface area contributed by atoms with Crippen LogP contribution in [0.4, 0.5) is 45.2 Å². The highest BCUT2D eigenvalue weighted by atomic mass is 19.4. The first-order valence-electron chi connectivity index (χ1n) is 18.9. The molecule has 0 spiro atoms. The number of hydrogen-bond acceptors (Lipinski definition) is 1. The molecule has 0 bridgehead atoms. The lowest BCUT2D eigenvalue weighted by molar-refractivity contribution is -0.138. The van der Waals surface area contributed by atoms with E-state index in [4.69, 9.17) is 6.57 Å². The topological polar surface area (TPSA) is 38.0 Å². The molecule has 0 aliphatic carbocycles. The van der Waals surface area contributed by atoms with Crippen LogP contribution in [0.15, 0.2) is 127 Å². The number of aryl methyl sites for hydroxylation is 2. The van der Waals surface area contributed by atoms with Crippen molar-refractivity contribution in [2.45, 2.75) is 32.4 Å². The van der Waals surface area contributed by atoms with Gasteiger partial charge < -0.3 is 9.13 Å². The molecular formula is C49H27F9N4. The van der Waals surface area contributed by atoms with Gasteiger partial charge in [-0.15, -0.1) is 0 Å². The van der Waals surface area contributed by atoms with Gasteiger partial charge in [-0.3, -0.25) is 0 Å². The van der Waals surface area contributed by atoms with Crippen molar-refractivity contribution in [3.8, 4) is 39.7 Å². The Balaban J connectivity index is 1.37. The molecule has 0 aliphatic heterocycles. The highest BCUT2D eigenvalue weighted by Gasteiger charge is 2.34. The van der Waals surface area contributed by atoms with Crippen LogP contribution in [0.25, 0.3) is 82.1 Å². The summed E-state index contributed by atoms with van der Waals surface area (Å²) in [5.41, 5.74) is 3.51. The Kier molecular flexibility index (Phi) is 9.03. The van der Waals surface area contributed by atoms with E-state index < -0.39 is 35.2 Å². The van der Waals surface area contributed by atoms with Crippen molar-refractivity contribution in [3.63, 3.8) is 0 Å². The van der Waals surface area contributed by atoms with Crippen LogP contribution in [0.2, 0.25) is 0 Å². The molecule has 62 heavy (non-hydrogen) atoms. The van der Waals surface area contributed by atoms with Gasteiger partial charge in [0.2, 0.25) is 0 Å². The molecule has 2 heterocycles. The largest absolute Gasteiger partial charge is 0.416 e. The second-order valence-corrected chi connectivity index (χ2v) is 15.1. The fraction of sp³-hybridized carbons (Fsp3) is 0.102. The van der Waals surface area contributed by atoms with Crippen molar-refractivity contribution in [2.75, 3.05) is 0 Å². The smallest absolute Gasteiger partial charge is 0.309 e. The summed E-state index contributed by atoms with van der Waals surface area (Å²) in [6.45, 7) is 11.9. The third kappa shape index (κ3) is 6.57. The first-order valence-corrected chi connectivity index (χ1v) is 18.9. The molecule has 7 aromatic carbocycles. The third-order valence-corrected chi connectivity index (χ3v) is 11.2. The molecule has 0 saturated heterocycles. The van der Waals surface area contributed by atoms with E-state index in [1.54, 1.807) is 53.1 Å². The summed E-state index contributed by atoms with van der Waals surface area (Å²) in [5, 5.41) is 10.3. The molecule has 306 valence electrons. The summed E-state index contributed by atoms with van der Waals surface area (Å²) in [5.74, 6) is 0. The summed E-state index contributed by atoms with van der Waals surface area (Å²) < 4.78 is 130. The van der Waals surface area contributed by atoms with Gasteiger partial charge in [-0.05, 0) is 145 Å². The number of nitriles is 1. The number of rotatable bonds is 4. The van der Waals surface area contributed by atoms with Crippen molar-refractivity contribution in [2.24, 2.45) is 0 Å². The molecule has 4 nitrogen and oxygen atoms in total. The predicted molar refractivity (Wildman–Crippen MR) is 221 cm³/mol. The molecule has 0 fully saturated rings. The van der Waals surface area contributed by atoms with Crippen molar-refractivity contribution >= 4 is 49.3 Å². The van der Waals surface area contributed by atoms with E-state index in [0.717, 1.165) is 53.1 Å². The highest BCUT2D eigenvalue weighted by molar-refractivity contribution is 6.11. The second kappa shape index (κ2) is 14.0. The first-order chi connectivity index (χ1) is 29.3. The van der Waals surface area contributed by atoms with Gasteiger partial charge in [0.05, 0.1) is 62.6 Å². The number of fused-ring (bicyclic) bond motifs is 6. The van der Waals surface area contributed by atoms with E-state index in [2.05, 4.69) is 10.9 Å². The minimum Gasteiger partial charge on any atom is -0.309 e. The normalized spacial score (nSPS) is 12.4. The summed E-state index contributed by atoms with van der Waals surface area (Å²) in [4.78, 5) is 3.83. The number of halogens is 9. The van der Waals surface area contributed by atoms with Crippen LogP contribution in [0, 0.1) is 31.8 Å². The molecule has 9 aromatic rings. The van der Waals surface area contributed by atoms with Crippen molar-refractivity contribution in [1.82, 2.24) is 9.13 Å². The maximum Gasteiger partial charge on any atom is 0.416 e. The molecule has 0 saturated carbocycles. The quantitative estimate of drug-likeness (QED) is 0.128. The monoisotopic (exact) mass is 842 g/mol. The van der Waals surface area contributed by atoms with Crippen LogP contribution in [0.3, 0.4) is 0 Å². The average Bonchev–Trinajstić information content (AvgIpc) is 3.73. The minimum atomic E-state index is -4.79. The Hall–Kier alpha value is -7.51. The lowest BCUT2D eigenvalue weighted by atomic mass is 9.93. The molecule has 13 heteroatoms. The van der Waals surface area contributed by atoms with Gasteiger partial charge >= 0.3 is 18.5 Å². The zero-order valence-electron chi connectivity index (χ0n) is 32.3. The second-order valence-electron chi connectivity index (χ2n) is 15.1. The van der Waals surface area contributed by atoms with Crippen LogP contribution in [-0.2, 0) is 18.5 Å². The Bertz CT molecular complexity index is 3350. The highest BCUT2D eigenvalue weighted by Crippen LogP contribution is 2.45. The summed E-state index contributed by atoms with van der Waals surface area (Å²) in [7, 11) is 0. The number of hydrogen-bond donors (Lipinski definition) is 0. The SMILES string of the molecule is [C-]#[N+]c1ccc(-n2c3ccc(C(F)(F)F)cc3c3cc(C(F)(F)F)ccc32)cc1-c1cc(-c2ccc(C#N)cc2C)ccc1-n1c2ccc(C)cc2c2cc(C(F)(F)F)ccc21. The maximum absolute atomic E-state index is 14.1. The lowest BCUT2D eigenvalue weighted by Crippen LogP contribution is -2.04. The van der Waals surface area contributed by atoms with Gasteiger partial charge in [0.15, 0.2) is 5.69 Å². The Labute approximate surface area is 346 Å². The zero-order valence-corrected chi connectivity index (χ0v) is 32.3. The number of aromatic nitrogens is 2. The molecular weight excluding hydrogens is 816 g/mol. The molecule has 0 unspecified atom stereocenters. The van der Waals surface area contributed by atoms with E-state index in [1.807, 2.05) is 36.6 Å². The molecule has 0 atom stereocenters. The molecule has 0 amide bonds. The van der Waals surface area contributed by atoms with Gasteiger partial charge in [-0.25, -0.2) is 4.85 Å². The predicted octanol–water partition coefficient (Wildman–Crippen LogP) is 15.3. The van der Waals surface area contributed by atoms with Gasteiger partial charge in [0, 0.05) is 27.2 Å². The first kappa shape index (κ1) is 39.9. The van der Waals surface area contributed by atoms with E-state index >= 15 is 0 Å². The fourth-order valence-corrected chi connectivity index (χ4v) is 8.37. The van der Waals surface area contributed by atoms with Gasteiger partial charge in [0.25, 0.3) is 0 Å². The summed E-state index contributed by atoms with van der Waals surface area (Å²) in [6, 6.07) is 32.1. The van der Waals surface area contributed by atoms with Crippen LogP contribution in [-0.4, -0.2) is 9.13 Å². The Morgan fingerprint density at radius 2 is 1.02 bits per heavy atom. The van der Waals surface area contributed by atoms with Crippen LogP contribution < -0.4 is 0 Å².